The van der Waals surface area contributed by atoms with E-state index in [0.717, 1.165) is 0 Å². The topological polar surface area (TPSA) is 99.2 Å². The van der Waals surface area contributed by atoms with Crippen molar-refractivity contribution >= 4 is 23.3 Å². The molecule has 0 bridgehead atoms. The van der Waals surface area contributed by atoms with E-state index in [2.05, 4.69) is 5.16 Å². The number of oxime groups is 1. The standard InChI is InChI=1S/C13H16ClN3O3/c14-11-2-1-9(18)7-10(11)13(19)17-5-3-8(4-6-17)12(15)16-20/h1-2,7-8,18,20H,3-6H2,(H2,15,16). The van der Waals surface area contributed by atoms with Crippen LogP contribution in [0.25, 0.3) is 0 Å². The van der Waals surface area contributed by atoms with Crippen molar-refractivity contribution in [2.24, 2.45) is 16.8 Å². The molecule has 0 radical (unpaired) electrons. The molecule has 0 saturated carbocycles. The lowest BCUT2D eigenvalue weighted by Gasteiger charge is -2.31. The number of hydrogen-bond acceptors (Lipinski definition) is 4. The van der Waals surface area contributed by atoms with E-state index in [1.165, 1.54) is 18.2 Å². The van der Waals surface area contributed by atoms with E-state index < -0.39 is 0 Å². The van der Waals surface area contributed by atoms with Gasteiger partial charge < -0.3 is 20.9 Å². The lowest BCUT2D eigenvalue weighted by Crippen LogP contribution is -2.41. The van der Waals surface area contributed by atoms with Crippen LogP contribution in [0.3, 0.4) is 0 Å². The summed E-state index contributed by atoms with van der Waals surface area (Å²) in [6.07, 6.45) is 1.27. The Labute approximate surface area is 121 Å². The second-order valence-corrected chi connectivity index (χ2v) is 5.16. The monoisotopic (exact) mass is 297 g/mol. The molecule has 0 spiro atoms. The number of benzene rings is 1. The number of phenols is 1. The highest BCUT2D eigenvalue weighted by Crippen LogP contribution is 2.25. The first-order chi connectivity index (χ1) is 9.52. The summed E-state index contributed by atoms with van der Waals surface area (Å²) in [5.41, 5.74) is 5.85. The molecule has 0 aliphatic carbocycles. The zero-order valence-corrected chi connectivity index (χ0v) is 11.5. The van der Waals surface area contributed by atoms with Crippen LogP contribution in [-0.4, -0.2) is 40.0 Å². The van der Waals surface area contributed by atoms with Gasteiger partial charge in [0.1, 0.15) is 11.6 Å². The largest absolute Gasteiger partial charge is 0.508 e. The molecule has 1 heterocycles. The van der Waals surface area contributed by atoms with E-state index >= 15 is 0 Å². The van der Waals surface area contributed by atoms with Crippen molar-refractivity contribution in [3.05, 3.63) is 28.8 Å². The highest BCUT2D eigenvalue weighted by atomic mass is 35.5. The molecule has 1 saturated heterocycles. The quantitative estimate of drug-likeness (QED) is 0.334. The molecular formula is C13H16ClN3O3. The van der Waals surface area contributed by atoms with Gasteiger partial charge in [0.15, 0.2) is 0 Å². The molecule has 0 unspecified atom stereocenters. The van der Waals surface area contributed by atoms with Crippen LogP contribution in [0.4, 0.5) is 0 Å². The van der Waals surface area contributed by atoms with E-state index in [1.54, 1.807) is 4.90 Å². The Hall–Kier alpha value is -1.95. The molecule has 2 rings (SSSR count). The molecule has 0 atom stereocenters. The number of aromatic hydroxyl groups is 1. The summed E-state index contributed by atoms with van der Waals surface area (Å²) in [4.78, 5) is 14.0. The normalized spacial score (nSPS) is 17.2. The van der Waals surface area contributed by atoms with Gasteiger partial charge in [0, 0.05) is 19.0 Å². The number of piperidine rings is 1. The molecule has 108 valence electrons. The van der Waals surface area contributed by atoms with Gasteiger partial charge in [0.2, 0.25) is 0 Å². The number of nitrogens with zero attached hydrogens (tertiary/aromatic N) is 2. The van der Waals surface area contributed by atoms with Crippen LogP contribution < -0.4 is 5.73 Å². The van der Waals surface area contributed by atoms with E-state index in [4.69, 9.17) is 22.5 Å². The fourth-order valence-corrected chi connectivity index (χ4v) is 2.51. The maximum Gasteiger partial charge on any atom is 0.255 e. The Bertz CT molecular complexity index is 540. The summed E-state index contributed by atoms with van der Waals surface area (Å²) < 4.78 is 0. The highest BCUT2D eigenvalue weighted by Gasteiger charge is 2.26. The first-order valence-corrected chi connectivity index (χ1v) is 6.66. The third-order valence-corrected chi connectivity index (χ3v) is 3.83. The van der Waals surface area contributed by atoms with E-state index in [9.17, 15) is 9.90 Å². The molecule has 6 nitrogen and oxygen atoms in total. The first kappa shape index (κ1) is 14.5. The lowest BCUT2D eigenvalue weighted by atomic mass is 9.95. The van der Waals surface area contributed by atoms with Gasteiger partial charge in [-0.1, -0.05) is 16.8 Å². The number of likely N-dealkylation sites (tertiary alicyclic amines) is 1. The molecule has 7 heteroatoms. The molecule has 1 amide bonds. The Morgan fingerprint density at radius 3 is 2.65 bits per heavy atom. The van der Waals surface area contributed by atoms with Crippen molar-refractivity contribution in [2.45, 2.75) is 12.8 Å². The molecule has 20 heavy (non-hydrogen) atoms. The summed E-state index contributed by atoms with van der Waals surface area (Å²) in [5.74, 6) is -0.0238. The zero-order valence-electron chi connectivity index (χ0n) is 10.8. The van der Waals surface area contributed by atoms with Crippen molar-refractivity contribution in [3.63, 3.8) is 0 Å². The molecule has 1 aliphatic heterocycles. The second-order valence-electron chi connectivity index (χ2n) is 4.76. The predicted molar refractivity (Wildman–Crippen MR) is 75.2 cm³/mol. The first-order valence-electron chi connectivity index (χ1n) is 6.28. The van der Waals surface area contributed by atoms with Crippen molar-refractivity contribution in [3.8, 4) is 5.75 Å². The van der Waals surface area contributed by atoms with E-state index in [-0.39, 0.29) is 29.0 Å². The molecule has 1 aromatic rings. The summed E-state index contributed by atoms with van der Waals surface area (Å²) in [6, 6.07) is 4.29. The summed E-state index contributed by atoms with van der Waals surface area (Å²) in [7, 11) is 0. The van der Waals surface area contributed by atoms with Crippen molar-refractivity contribution < 1.29 is 15.1 Å². The average molecular weight is 298 g/mol. The van der Waals surface area contributed by atoms with Crippen LogP contribution in [-0.2, 0) is 0 Å². The third-order valence-electron chi connectivity index (χ3n) is 3.50. The minimum absolute atomic E-state index is 0.00398. The number of nitrogens with two attached hydrogens (primary N) is 1. The Morgan fingerprint density at radius 2 is 2.05 bits per heavy atom. The van der Waals surface area contributed by atoms with Gasteiger partial charge in [-0.25, -0.2) is 0 Å². The van der Waals surface area contributed by atoms with Gasteiger partial charge in [-0.15, -0.1) is 0 Å². The van der Waals surface area contributed by atoms with Crippen molar-refractivity contribution in [1.29, 1.82) is 0 Å². The SMILES string of the molecule is N/C(=N/O)C1CCN(C(=O)c2cc(O)ccc2Cl)CC1. The minimum Gasteiger partial charge on any atom is -0.508 e. The molecule has 1 aliphatic rings. The number of hydrogen-bond donors (Lipinski definition) is 3. The zero-order chi connectivity index (χ0) is 14.7. The van der Waals surface area contributed by atoms with Crippen LogP contribution in [0.1, 0.15) is 23.2 Å². The Balaban J connectivity index is 2.07. The van der Waals surface area contributed by atoms with Gasteiger partial charge in [0.05, 0.1) is 10.6 Å². The van der Waals surface area contributed by atoms with Gasteiger partial charge in [0.25, 0.3) is 5.91 Å². The van der Waals surface area contributed by atoms with Crippen LogP contribution in [0.15, 0.2) is 23.4 Å². The number of carbonyl (C=O) groups is 1. The predicted octanol–water partition coefficient (Wildman–Crippen LogP) is 1.64. The number of phenolic OH excluding ortho intramolecular Hbond substituents is 1. The number of amides is 1. The molecule has 4 N–H and O–H groups in total. The number of rotatable bonds is 2. The molecule has 0 aromatic heterocycles. The lowest BCUT2D eigenvalue weighted by molar-refractivity contribution is 0.0709. The van der Waals surface area contributed by atoms with Crippen LogP contribution in [0.2, 0.25) is 5.02 Å². The van der Waals surface area contributed by atoms with Crippen LogP contribution in [0.5, 0.6) is 5.75 Å². The van der Waals surface area contributed by atoms with Gasteiger partial charge in [-0.2, -0.15) is 0 Å². The fourth-order valence-electron chi connectivity index (χ4n) is 2.31. The molecular weight excluding hydrogens is 282 g/mol. The minimum atomic E-state index is -0.219. The van der Waals surface area contributed by atoms with Crippen molar-refractivity contribution in [1.82, 2.24) is 4.90 Å². The van der Waals surface area contributed by atoms with E-state index in [1.807, 2.05) is 0 Å². The summed E-state index contributed by atoms with van der Waals surface area (Å²) >= 11 is 5.98. The van der Waals surface area contributed by atoms with Gasteiger partial charge in [-0.3, -0.25) is 4.79 Å². The van der Waals surface area contributed by atoms with Gasteiger partial charge >= 0.3 is 0 Å². The molecule has 1 fully saturated rings. The Morgan fingerprint density at radius 1 is 1.40 bits per heavy atom. The highest BCUT2D eigenvalue weighted by molar-refractivity contribution is 6.33. The number of carbonyl (C=O) groups excluding carboxylic acids is 1. The van der Waals surface area contributed by atoms with Crippen LogP contribution >= 0.6 is 11.6 Å². The Kier molecular flexibility index (Phi) is 4.34. The third kappa shape index (κ3) is 2.96. The smallest absolute Gasteiger partial charge is 0.255 e. The van der Waals surface area contributed by atoms with E-state index in [0.29, 0.717) is 31.0 Å². The van der Waals surface area contributed by atoms with Gasteiger partial charge in [-0.05, 0) is 31.0 Å². The maximum absolute atomic E-state index is 12.3. The summed E-state index contributed by atoms with van der Waals surface area (Å²) in [5, 5.41) is 21.4. The fraction of sp³-hybridized carbons (Fsp3) is 0.385. The number of amidine groups is 1. The van der Waals surface area contributed by atoms with Crippen LogP contribution in [0, 0.1) is 5.92 Å². The number of halogens is 1. The molecule has 1 aromatic carbocycles. The van der Waals surface area contributed by atoms with Crippen molar-refractivity contribution in [2.75, 3.05) is 13.1 Å². The maximum atomic E-state index is 12.3. The second kappa shape index (κ2) is 6.00. The summed E-state index contributed by atoms with van der Waals surface area (Å²) in [6.45, 7) is 1.01. The average Bonchev–Trinajstić information content (AvgIpc) is 2.48.